The highest BCUT2D eigenvalue weighted by atomic mass is 16.2. The standard InChI is InChI=1S/C34H69O/c1-2-3-4-5-6-7-8-9-10-11-12-13-14-15-16-17-18-19-20-21-22-23-24-25-26-27-28-29-30-31-32-33-34-35/h2-34H2,1H3. The molecule has 1 heteroatoms. The van der Waals surface area contributed by atoms with Crippen molar-refractivity contribution in [1.29, 1.82) is 0 Å². The second kappa shape index (κ2) is 34.0. The third-order valence-electron chi connectivity index (χ3n) is 8.00. The monoisotopic (exact) mass is 494 g/mol. The molecule has 0 aromatic rings. The Balaban J connectivity index is 3.00. The van der Waals surface area contributed by atoms with Gasteiger partial charge < -0.3 is 0 Å². The molecule has 211 valence electrons. The molecule has 0 heterocycles. The molecule has 0 rings (SSSR count). The quantitative estimate of drug-likeness (QED) is 0.0830. The second-order valence-corrected chi connectivity index (χ2v) is 11.7. The van der Waals surface area contributed by atoms with Crippen molar-refractivity contribution in [3.05, 3.63) is 0 Å². The van der Waals surface area contributed by atoms with Gasteiger partial charge in [0.25, 0.3) is 0 Å². The van der Waals surface area contributed by atoms with Gasteiger partial charge in [-0.05, 0) is 6.42 Å². The zero-order chi connectivity index (χ0) is 25.3. The molecule has 0 atom stereocenters. The second-order valence-electron chi connectivity index (χ2n) is 11.7. The van der Waals surface area contributed by atoms with Gasteiger partial charge in [-0.15, -0.1) is 0 Å². The average molecular weight is 494 g/mol. The molecule has 0 aromatic heterocycles. The minimum atomic E-state index is 0.125. The van der Waals surface area contributed by atoms with E-state index in [1.807, 2.05) is 0 Å². The van der Waals surface area contributed by atoms with Crippen molar-refractivity contribution in [1.82, 2.24) is 0 Å². The first-order chi connectivity index (χ1) is 17.4. The lowest BCUT2D eigenvalue weighted by atomic mass is 10.0. The molecular weight excluding hydrogens is 424 g/mol. The highest BCUT2D eigenvalue weighted by Crippen LogP contribution is 2.16. The summed E-state index contributed by atoms with van der Waals surface area (Å²) in [5.41, 5.74) is 0. The Morgan fingerprint density at radius 3 is 0.514 bits per heavy atom. The predicted octanol–water partition coefficient (Wildman–Crippen LogP) is 12.9. The van der Waals surface area contributed by atoms with Crippen molar-refractivity contribution >= 4 is 0 Å². The van der Waals surface area contributed by atoms with Crippen LogP contribution in [0.1, 0.15) is 212 Å². The summed E-state index contributed by atoms with van der Waals surface area (Å²) < 4.78 is 0. The summed E-state index contributed by atoms with van der Waals surface area (Å²) in [4.78, 5) is 0. The Bertz CT molecular complexity index is 307. The molecule has 1 radical (unpaired) electrons. The Morgan fingerprint density at radius 1 is 0.229 bits per heavy atom. The van der Waals surface area contributed by atoms with Gasteiger partial charge in [0.2, 0.25) is 0 Å². The number of unbranched alkanes of at least 4 members (excludes halogenated alkanes) is 31. The molecule has 0 saturated heterocycles. The van der Waals surface area contributed by atoms with E-state index in [2.05, 4.69) is 6.92 Å². The molecule has 0 aliphatic heterocycles. The summed E-state index contributed by atoms with van der Waals surface area (Å²) in [7, 11) is 0. The highest BCUT2D eigenvalue weighted by Gasteiger charge is 1.97. The van der Waals surface area contributed by atoms with E-state index in [9.17, 15) is 5.11 Å². The van der Waals surface area contributed by atoms with Gasteiger partial charge in [-0.1, -0.05) is 206 Å². The summed E-state index contributed by atoms with van der Waals surface area (Å²) in [6.07, 6.45) is 45.7. The third kappa shape index (κ3) is 34.0. The van der Waals surface area contributed by atoms with E-state index in [-0.39, 0.29) is 6.61 Å². The lowest BCUT2D eigenvalue weighted by molar-refractivity contribution is 0.186. The maximum Gasteiger partial charge on any atom is 0.0822 e. The molecule has 1 nitrogen and oxygen atoms in total. The zero-order valence-electron chi connectivity index (χ0n) is 24.7. The fourth-order valence-corrected chi connectivity index (χ4v) is 5.48. The van der Waals surface area contributed by atoms with Crippen molar-refractivity contribution in [2.45, 2.75) is 212 Å². The normalized spacial score (nSPS) is 11.5. The van der Waals surface area contributed by atoms with Crippen LogP contribution in [0.2, 0.25) is 0 Å². The van der Waals surface area contributed by atoms with E-state index in [0.717, 1.165) is 12.8 Å². The molecule has 0 N–H and O–H groups in total. The molecule has 0 saturated carbocycles. The van der Waals surface area contributed by atoms with Gasteiger partial charge in [0.05, 0.1) is 6.61 Å². The SMILES string of the molecule is CCCCCCCCCCCCCCCCCCCCCCCCCCCCCCCCCC[O]. The molecule has 0 aromatic carbocycles. The van der Waals surface area contributed by atoms with Crippen molar-refractivity contribution in [3.8, 4) is 0 Å². The van der Waals surface area contributed by atoms with Gasteiger partial charge >= 0.3 is 0 Å². The van der Waals surface area contributed by atoms with Crippen LogP contribution in [0.25, 0.3) is 0 Å². The zero-order valence-corrected chi connectivity index (χ0v) is 24.7. The minimum absolute atomic E-state index is 0.125. The van der Waals surface area contributed by atoms with Gasteiger partial charge in [0.1, 0.15) is 0 Å². The summed E-state index contributed by atoms with van der Waals surface area (Å²) in [5.74, 6) is 0. The van der Waals surface area contributed by atoms with E-state index in [4.69, 9.17) is 0 Å². The molecule has 0 unspecified atom stereocenters. The van der Waals surface area contributed by atoms with E-state index >= 15 is 0 Å². The van der Waals surface area contributed by atoms with E-state index in [0.29, 0.717) is 0 Å². The fourth-order valence-electron chi connectivity index (χ4n) is 5.48. The fraction of sp³-hybridized carbons (Fsp3) is 1.00. The lowest BCUT2D eigenvalue weighted by Gasteiger charge is -2.04. The Kier molecular flexibility index (Phi) is 33.9. The van der Waals surface area contributed by atoms with Crippen molar-refractivity contribution in [2.75, 3.05) is 6.61 Å². The van der Waals surface area contributed by atoms with Crippen LogP contribution in [-0.2, 0) is 5.11 Å². The molecule has 0 spiro atoms. The summed E-state index contributed by atoms with van der Waals surface area (Å²) >= 11 is 0. The lowest BCUT2D eigenvalue weighted by Crippen LogP contribution is -1.85. The first-order valence-electron chi connectivity index (χ1n) is 17.0. The van der Waals surface area contributed by atoms with E-state index in [1.54, 1.807) is 0 Å². The Morgan fingerprint density at radius 2 is 0.371 bits per heavy atom. The molecular formula is C34H69O. The smallest absolute Gasteiger partial charge is 0.0822 e. The first-order valence-corrected chi connectivity index (χ1v) is 17.0. The molecule has 0 aliphatic carbocycles. The highest BCUT2D eigenvalue weighted by molar-refractivity contribution is 4.52. The summed E-state index contributed by atoms with van der Waals surface area (Å²) in [5, 5.41) is 10.4. The topological polar surface area (TPSA) is 19.9 Å². The Hall–Kier alpha value is -0.0400. The van der Waals surface area contributed by atoms with Crippen molar-refractivity contribution < 1.29 is 5.11 Å². The maximum atomic E-state index is 10.4. The number of hydrogen-bond donors (Lipinski definition) is 0. The van der Waals surface area contributed by atoms with Gasteiger partial charge in [0.15, 0.2) is 0 Å². The molecule has 0 bridgehead atoms. The predicted molar refractivity (Wildman–Crippen MR) is 159 cm³/mol. The molecule has 35 heavy (non-hydrogen) atoms. The third-order valence-corrected chi connectivity index (χ3v) is 8.00. The van der Waals surface area contributed by atoms with Crippen LogP contribution in [-0.4, -0.2) is 6.61 Å². The average Bonchev–Trinajstić information content (AvgIpc) is 2.87. The van der Waals surface area contributed by atoms with Gasteiger partial charge in [-0.2, -0.15) is 0 Å². The minimum Gasteiger partial charge on any atom is -0.237 e. The van der Waals surface area contributed by atoms with Crippen LogP contribution in [0.3, 0.4) is 0 Å². The van der Waals surface area contributed by atoms with Crippen LogP contribution >= 0.6 is 0 Å². The molecule has 0 amide bonds. The van der Waals surface area contributed by atoms with Crippen molar-refractivity contribution in [3.63, 3.8) is 0 Å². The van der Waals surface area contributed by atoms with Crippen LogP contribution in [0.15, 0.2) is 0 Å². The number of hydrogen-bond acceptors (Lipinski definition) is 0. The summed E-state index contributed by atoms with van der Waals surface area (Å²) in [6, 6.07) is 0. The summed E-state index contributed by atoms with van der Waals surface area (Å²) in [6.45, 7) is 2.43. The van der Waals surface area contributed by atoms with E-state index in [1.165, 1.54) is 193 Å². The van der Waals surface area contributed by atoms with E-state index < -0.39 is 0 Å². The van der Waals surface area contributed by atoms with Gasteiger partial charge in [-0.3, -0.25) is 0 Å². The largest absolute Gasteiger partial charge is 0.237 e. The van der Waals surface area contributed by atoms with Gasteiger partial charge in [-0.25, -0.2) is 5.11 Å². The molecule has 0 fully saturated rings. The molecule has 0 aliphatic rings. The van der Waals surface area contributed by atoms with Gasteiger partial charge in [0, 0.05) is 0 Å². The first kappa shape index (κ1) is 35.0. The van der Waals surface area contributed by atoms with Crippen LogP contribution in [0, 0.1) is 0 Å². The number of rotatable bonds is 32. The maximum absolute atomic E-state index is 10.4. The van der Waals surface area contributed by atoms with Crippen LogP contribution in [0.4, 0.5) is 0 Å². The van der Waals surface area contributed by atoms with Crippen LogP contribution < -0.4 is 0 Å². The Labute approximate surface area is 224 Å². The van der Waals surface area contributed by atoms with Crippen molar-refractivity contribution in [2.24, 2.45) is 0 Å². The van der Waals surface area contributed by atoms with Crippen LogP contribution in [0.5, 0.6) is 0 Å².